The molecule has 0 saturated carbocycles. The van der Waals surface area contributed by atoms with Crippen molar-refractivity contribution in [3.63, 3.8) is 0 Å². The van der Waals surface area contributed by atoms with Gasteiger partial charge in [0.15, 0.2) is 0 Å². The van der Waals surface area contributed by atoms with Gasteiger partial charge >= 0.3 is 0 Å². The van der Waals surface area contributed by atoms with Gasteiger partial charge in [0.05, 0.1) is 0 Å². The Balaban J connectivity index is 1.73. The van der Waals surface area contributed by atoms with Gasteiger partial charge in [0, 0.05) is 0 Å². The molecule has 0 aromatic heterocycles. The van der Waals surface area contributed by atoms with E-state index in [0.29, 0.717) is 5.92 Å². The first-order chi connectivity index (χ1) is 9.79. The van der Waals surface area contributed by atoms with Crippen molar-refractivity contribution in [1.82, 2.24) is 0 Å². The Hall–Kier alpha value is -1.56. The van der Waals surface area contributed by atoms with Crippen LogP contribution in [0.15, 0.2) is 54.6 Å². The largest absolute Gasteiger partial charge is 0.0622 e. The lowest BCUT2D eigenvalue weighted by Crippen LogP contribution is -1.95. The van der Waals surface area contributed by atoms with Crippen molar-refractivity contribution in [3.05, 3.63) is 71.3 Å². The molecule has 0 bridgehead atoms. The van der Waals surface area contributed by atoms with Gasteiger partial charge in [0.2, 0.25) is 0 Å². The van der Waals surface area contributed by atoms with Gasteiger partial charge in [-0.15, -0.1) is 0 Å². The zero-order valence-electron chi connectivity index (χ0n) is 12.8. The van der Waals surface area contributed by atoms with Crippen LogP contribution in [0.4, 0.5) is 0 Å². The zero-order valence-corrected chi connectivity index (χ0v) is 12.8. The van der Waals surface area contributed by atoms with E-state index < -0.39 is 0 Å². The number of unbranched alkanes of at least 4 members (excludes halogenated alkanes) is 1. The molecule has 106 valence electrons. The molecule has 2 rings (SSSR count). The average Bonchev–Trinajstić information content (AvgIpc) is 2.52. The summed E-state index contributed by atoms with van der Waals surface area (Å²) in [6.45, 7) is 4.56. The highest BCUT2D eigenvalue weighted by Gasteiger charge is 2.05. The number of hydrogen-bond acceptors (Lipinski definition) is 0. The summed E-state index contributed by atoms with van der Waals surface area (Å²) < 4.78 is 0. The van der Waals surface area contributed by atoms with E-state index in [-0.39, 0.29) is 0 Å². The predicted octanol–water partition coefficient (Wildman–Crippen LogP) is 5.77. The summed E-state index contributed by atoms with van der Waals surface area (Å²) in [7, 11) is 0. The summed E-state index contributed by atoms with van der Waals surface area (Å²) >= 11 is 0. The van der Waals surface area contributed by atoms with Crippen molar-refractivity contribution in [2.24, 2.45) is 0 Å². The van der Waals surface area contributed by atoms with Crippen LogP contribution in [0.5, 0.6) is 0 Å². The van der Waals surface area contributed by atoms with E-state index in [0.717, 1.165) is 6.42 Å². The molecule has 2 aromatic carbocycles. The summed E-state index contributed by atoms with van der Waals surface area (Å²) in [5, 5.41) is 0. The monoisotopic (exact) mass is 266 g/mol. The van der Waals surface area contributed by atoms with Crippen molar-refractivity contribution in [2.75, 3.05) is 0 Å². The van der Waals surface area contributed by atoms with Crippen LogP contribution in [-0.2, 0) is 12.8 Å². The summed E-state index contributed by atoms with van der Waals surface area (Å²) in [4.78, 5) is 0. The van der Waals surface area contributed by atoms with E-state index in [4.69, 9.17) is 0 Å². The second kappa shape index (κ2) is 7.89. The van der Waals surface area contributed by atoms with Gasteiger partial charge in [0.1, 0.15) is 0 Å². The first kappa shape index (κ1) is 14.8. The van der Waals surface area contributed by atoms with E-state index in [1.807, 2.05) is 0 Å². The van der Waals surface area contributed by atoms with Crippen LogP contribution in [0.25, 0.3) is 0 Å². The maximum Gasteiger partial charge on any atom is -0.0190 e. The first-order valence-corrected chi connectivity index (χ1v) is 7.92. The summed E-state index contributed by atoms with van der Waals surface area (Å²) in [5.74, 6) is 0.677. The van der Waals surface area contributed by atoms with Crippen LogP contribution in [0.3, 0.4) is 0 Å². The fourth-order valence-electron chi connectivity index (χ4n) is 2.67. The molecule has 0 saturated heterocycles. The second-order valence-corrected chi connectivity index (χ2v) is 5.73. The lowest BCUT2D eigenvalue weighted by Gasteiger charge is -2.12. The Morgan fingerprint density at radius 2 is 1.50 bits per heavy atom. The van der Waals surface area contributed by atoms with Crippen molar-refractivity contribution in [3.8, 4) is 0 Å². The Bertz CT molecular complexity index is 481. The number of rotatable bonds is 7. The van der Waals surface area contributed by atoms with E-state index in [1.165, 1.54) is 42.4 Å². The van der Waals surface area contributed by atoms with Crippen molar-refractivity contribution in [2.45, 2.75) is 51.9 Å². The second-order valence-electron chi connectivity index (χ2n) is 5.73. The van der Waals surface area contributed by atoms with Crippen LogP contribution in [-0.4, -0.2) is 0 Å². The molecule has 0 aliphatic carbocycles. The minimum atomic E-state index is 0.677. The molecule has 2 aromatic rings. The molecule has 20 heavy (non-hydrogen) atoms. The van der Waals surface area contributed by atoms with Gasteiger partial charge in [0.25, 0.3) is 0 Å². The normalized spacial score (nSPS) is 12.3. The van der Waals surface area contributed by atoms with E-state index in [1.54, 1.807) is 0 Å². The molecule has 0 aliphatic heterocycles. The number of aryl methyl sites for hydroxylation is 2. The van der Waals surface area contributed by atoms with E-state index in [9.17, 15) is 0 Å². The Morgan fingerprint density at radius 3 is 2.15 bits per heavy atom. The lowest BCUT2D eigenvalue weighted by molar-refractivity contribution is 0.604. The molecule has 0 fully saturated rings. The van der Waals surface area contributed by atoms with Crippen molar-refractivity contribution < 1.29 is 0 Å². The fraction of sp³-hybridized carbons (Fsp3) is 0.400. The molecule has 0 heterocycles. The van der Waals surface area contributed by atoms with Gasteiger partial charge < -0.3 is 0 Å². The maximum atomic E-state index is 2.35. The van der Waals surface area contributed by atoms with Crippen LogP contribution in [0, 0.1) is 0 Å². The molecule has 0 aliphatic rings. The highest BCUT2D eigenvalue weighted by atomic mass is 14.1. The van der Waals surface area contributed by atoms with Gasteiger partial charge in [-0.05, 0) is 48.3 Å². The molecule has 0 heteroatoms. The Morgan fingerprint density at radius 1 is 0.800 bits per heavy atom. The first-order valence-electron chi connectivity index (χ1n) is 7.92. The van der Waals surface area contributed by atoms with Gasteiger partial charge in [-0.1, -0.05) is 74.9 Å². The maximum absolute atomic E-state index is 2.35. The van der Waals surface area contributed by atoms with Gasteiger partial charge in [-0.3, -0.25) is 0 Å². The molecule has 0 amide bonds. The molecule has 1 unspecified atom stereocenters. The molecule has 0 spiro atoms. The lowest BCUT2D eigenvalue weighted by atomic mass is 9.93. The van der Waals surface area contributed by atoms with Gasteiger partial charge in [-0.25, -0.2) is 0 Å². The van der Waals surface area contributed by atoms with Crippen molar-refractivity contribution >= 4 is 0 Å². The summed E-state index contributed by atoms with van der Waals surface area (Å²) in [5.41, 5.74) is 4.39. The minimum Gasteiger partial charge on any atom is -0.0622 e. The Kier molecular flexibility index (Phi) is 5.86. The van der Waals surface area contributed by atoms with Crippen LogP contribution in [0.2, 0.25) is 0 Å². The third kappa shape index (κ3) is 4.52. The molecular weight excluding hydrogens is 240 g/mol. The van der Waals surface area contributed by atoms with Gasteiger partial charge in [-0.2, -0.15) is 0 Å². The fourth-order valence-corrected chi connectivity index (χ4v) is 2.67. The minimum absolute atomic E-state index is 0.677. The average molecular weight is 266 g/mol. The standard InChI is InChI=1S/C20H26/c1-3-18-13-15-20(16-14-18)17(2)9-7-8-12-19-10-5-4-6-11-19/h4-6,10-11,13-17H,3,7-9,12H2,1-2H3. The molecular formula is C20H26. The number of hydrogen-bond donors (Lipinski definition) is 0. The highest BCUT2D eigenvalue weighted by Crippen LogP contribution is 2.22. The third-order valence-electron chi connectivity index (χ3n) is 4.15. The summed E-state index contributed by atoms with van der Waals surface area (Å²) in [6.07, 6.45) is 6.24. The quantitative estimate of drug-likeness (QED) is 0.558. The molecule has 0 nitrogen and oxygen atoms in total. The van der Waals surface area contributed by atoms with Crippen LogP contribution >= 0.6 is 0 Å². The SMILES string of the molecule is CCc1ccc(C(C)CCCCc2ccccc2)cc1. The number of benzene rings is 2. The zero-order chi connectivity index (χ0) is 14.2. The van der Waals surface area contributed by atoms with E-state index >= 15 is 0 Å². The Labute approximate surface area is 123 Å². The molecule has 1 atom stereocenters. The van der Waals surface area contributed by atoms with Crippen molar-refractivity contribution in [1.29, 1.82) is 0 Å². The third-order valence-corrected chi connectivity index (χ3v) is 4.15. The molecule has 0 radical (unpaired) electrons. The van der Waals surface area contributed by atoms with Crippen LogP contribution < -0.4 is 0 Å². The predicted molar refractivity (Wildman–Crippen MR) is 88.2 cm³/mol. The smallest absolute Gasteiger partial charge is 0.0190 e. The summed E-state index contributed by atoms with van der Waals surface area (Å²) in [6, 6.07) is 20.0. The topological polar surface area (TPSA) is 0 Å². The van der Waals surface area contributed by atoms with Crippen LogP contribution in [0.1, 0.15) is 55.7 Å². The highest BCUT2D eigenvalue weighted by molar-refractivity contribution is 5.25. The van der Waals surface area contributed by atoms with E-state index in [2.05, 4.69) is 68.4 Å². The molecule has 0 N–H and O–H groups in total.